The van der Waals surface area contributed by atoms with Gasteiger partial charge in [-0.3, -0.25) is 0 Å². The molecular weight excluding hydrogens is 250 g/mol. The van der Waals surface area contributed by atoms with Crippen LogP contribution in [0.25, 0.3) is 0 Å². The minimum absolute atomic E-state index is 0.144. The maximum absolute atomic E-state index is 9.40. The average Bonchev–Trinajstić information content (AvgIpc) is 2.40. The van der Waals surface area contributed by atoms with E-state index in [2.05, 4.69) is 0 Å². The Bertz CT molecular complexity index is 172. The zero-order chi connectivity index (χ0) is 13.9. The van der Waals surface area contributed by atoms with Crippen LogP contribution in [0.1, 0.15) is 0 Å². The lowest BCUT2D eigenvalue weighted by Crippen LogP contribution is -2.53. The number of quaternary nitrogens is 1. The highest BCUT2D eigenvalue weighted by Gasteiger charge is 2.38. The quantitative estimate of drug-likeness (QED) is 0.187. The Labute approximate surface area is 105 Å². The molecule has 110 valence electrons. The van der Waals surface area contributed by atoms with Crippen molar-refractivity contribution < 1.29 is 45.0 Å². The van der Waals surface area contributed by atoms with Gasteiger partial charge in [-0.15, -0.1) is 14.5 Å². The smallest absolute Gasteiger partial charge is 0.206 e. The summed E-state index contributed by atoms with van der Waals surface area (Å²) in [6.07, 6.45) is -1.18. The fourth-order valence-corrected chi connectivity index (χ4v) is 1.13. The van der Waals surface area contributed by atoms with Gasteiger partial charge in [-0.1, -0.05) is 0 Å². The van der Waals surface area contributed by atoms with Crippen LogP contribution in [0, 0.1) is 0 Å². The van der Waals surface area contributed by atoms with Crippen molar-refractivity contribution in [2.24, 2.45) is 0 Å². The molecule has 0 heterocycles. The van der Waals surface area contributed by atoms with Gasteiger partial charge in [0.1, 0.15) is 25.9 Å². The second kappa shape index (κ2) is 10.6. The zero-order valence-corrected chi connectivity index (χ0v) is 10.1. The standard InChI is InChI=1S/C9H22NO8/c11-1-4-16-10(17-5-2-12,18-6-3-13)7-9(15)8-14/h9,11-15H,1-8H2/q+1. The van der Waals surface area contributed by atoms with Gasteiger partial charge in [0.25, 0.3) is 0 Å². The van der Waals surface area contributed by atoms with Gasteiger partial charge >= 0.3 is 0 Å². The summed E-state index contributed by atoms with van der Waals surface area (Å²) >= 11 is 0. The molecule has 0 aromatic heterocycles. The number of hydrogen-bond donors (Lipinski definition) is 5. The summed E-state index contributed by atoms with van der Waals surface area (Å²) in [4.78, 5) is 14.3. The molecule has 0 saturated heterocycles. The first-order valence-electron chi connectivity index (χ1n) is 5.57. The Morgan fingerprint density at radius 1 is 0.778 bits per heavy atom. The third-order valence-electron chi connectivity index (χ3n) is 1.78. The summed E-state index contributed by atoms with van der Waals surface area (Å²) < 4.78 is 0. The maximum atomic E-state index is 9.40. The lowest BCUT2D eigenvalue weighted by atomic mass is 10.4. The molecule has 0 rings (SSSR count). The average molecular weight is 272 g/mol. The van der Waals surface area contributed by atoms with Gasteiger partial charge in [-0.05, 0) is 0 Å². The van der Waals surface area contributed by atoms with Crippen molar-refractivity contribution >= 4 is 0 Å². The molecule has 0 amide bonds. The van der Waals surface area contributed by atoms with Gasteiger partial charge in [0.05, 0.1) is 31.4 Å². The van der Waals surface area contributed by atoms with Crippen LogP contribution in [-0.4, -0.2) is 89.4 Å². The van der Waals surface area contributed by atoms with Gasteiger partial charge in [-0.25, -0.2) is 0 Å². The highest BCUT2D eigenvalue weighted by molar-refractivity contribution is 4.45. The largest absolute Gasteiger partial charge is 0.394 e. The molecule has 0 fully saturated rings. The van der Waals surface area contributed by atoms with Crippen molar-refractivity contribution in [3.63, 3.8) is 0 Å². The SMILES string of the molecule is OCCO[N+](CC(O)CO)(OCCO)OCCO. The van der Waals surface area contributed by atoms with Crippen molar-refractivity contribution in [2.75, 3.05) is 52.8 Å². The molecule has 9 heteroatoms. The van der Waals surface area contributed by atoms with E-state index in [0.717, 1.165) is 0 Å². The van der Waals surface area contributed by atoms with E-state index in [0.29, 0.717) is 0 Å². The van der Waals surface area contributed by atoms with Gasteiger partial charge in [0, 0.05) is 0 Å². The summed E-state index contributed by atoms with van der Waals surface area (Å²) in [6, 6.07) is 0. The summed E-state index contributed by atoms with van der Waals surface area (Å²) in [6.45, 7) is -2.16. The topological polar surface area (TPSA) is 129 Å². The molecule has 0 aromatic rings. The molecule has 0 spiro atoms. The molecule has 0 aromatic carbocycles. The molecule has 1 atom stereocenters. The first-order chi connectivity index (χ1) is 8.64. The lowest BCUT2D eigenvalue weighted by Gasteiger charge is -2.30. The highest BCUT2D eigenvalue weighted by Crippen LogP contribution is 2.13. The summed E-state index contributed by atoms with van der Waals surface area (Å²) in [5.74, 6) is 0. The Morgan fingerprint density at radius 3 is 1.44 bits per heavy atom. The first kappa shape index (κ1) is 17.6. The highest BCUT2D eigenvalue weighted by atomic mass is 17.2. The number of aliphatic hydroxyl groups is 5. The van der Waals surface area contributed by atoms with Crippen LogP contribution in [0.2, 0.25) is 0 Å². The van der Waals surface area contributed by atoms with Gasteiger partial charge in [-0.2, -0.15) is 0 Å². The molecule has 5 N–H and O–H groups in total. The normalized spacial score (nSPS) is 13.8. The van der Waals surface area contributed by atoms with Crippen LogP contribution in [-0.2, 0) is 14.5 Å². The van der Waals surface area contributed by atoms with Crippen LogP contribution >= 0.6 is 0 Å². The van der Waals surface area contributed by atoms with E-state index in [9.17, 15) is 5.11 Å². The Kier molecular flexibility index (Phi) is 10.3. The first-order valence-corrected chi connectivity index (χ1v) is 5.57. The summed E-state index contributed by atoms with van der Waals surface area (Å²) in [5.41, 5.74) is 0. The van der Waals surface area contributed by atoms with E-state index < -0.39 is 17.7 Å². The van der Waals surface area contributed by atoms with Gasteiger partial charge in [0.2, 0.25) is 6.54 Å². The predicted molar refractivity (Wildman–Crippen MR) is 57.3 cm³/mol. The second-order valence-corrected chi connectivity index (χ2v) is 3.30. The van der Waals surface area contributed by atoms with E-state index in [-0.39, 0.29) is 46.2 Å². The minimum atomic E-state index is -1.18. The number of rotatable bonds is 12. The van der Waals surface area contributed by atoms with E-state index in [4.69, 9.17) is 34.9 Å². The van der Waals surface area contributed by atoms with Crippen LogP contribution in [0.5, 0.6) is 0 Å². The van der Waals surface area contributed by atoms with E-state index in [1.54, 1.807) is 0 Å². The molecule has 18 heavy (non-hydrogen) atoms. The number of nitrogens with zero attached hydrogens (tertiary/aromatic N) is 1. The minimum Gasteiger partial charge on any atom is -0.394 e. The molecule has 9 nitrogen and oxygen atoms in total. The molecule has 1 unspecified atom stereocenters. The van der Waals surface area contributed by atoms with Crippen LogP contribution in [0.4, 0.5) is 0 Å². The van der Waals surface area contributed by atoms with E-state index in [1.807, 2.05) is 0 Å². The summed E-state index contributed by atoms with van der Waals surface area (Å²) in [5, 5.41) is 44.3. The third kappa shape index (κ3) is 7.16. The molecule has 0 aliphatic rings. The maximum Gasteiger partial charge on any atom is 0.206 e. The van der Waals surface area contributed by atoms with Crippen molar-refractivity contribution in [1.29, 1.82) is 0 Å². The molecule has 0 aliphatic carbocycles. The fourth-order valence-electron chi connectivity index (χ4n) is 1.13. The van der Waals surface area contributed by atoms with Crippen molar-refractivity contribution in [1.82, 2.24) is 0 Å². The van der Waals surface area contributed by atoms with Crippen molar-refractivity contribution in [2.45, 2.75) is 6.10 Å². The molecule has 0 radical (unpaired) electrons. The number of hydroxylamine groups is 3. The summed E-state index contributed by atoms with van der Waals surface area (Å²) in [7, 11) is 0. The monoisotopic (exact) mass is 272 g/mol. The van der Waals surface area contributed by atoms with Crippen LogP contribution in [0.15, 0.2) is 0 Å². The fraction of sp³-hybridized carbons (Fsp3) is 1.00. The number of aliphatic hydroxyl groups excluding tert-OH is 5. The second-order valence-electron chi connectivity index (χ2n) is 3.30. The molecule has 0 bridgehead atoms. The van der Waals surface area contributed by atoms with E-state index in [1.165, 1.54) is 0 Å². The molecule has 0 saturated carbocycles. The Morgan fingerprint density at radius 2 is 1.17 bits per heavy atom. The van der Waals surface area contributed by atoms with Crippen molar-refractivity contribution in [3.8, 4) is 0 Å². The van der Waals surface area contributed by atoms with Gasteiger partial charge in [0.15, 0.2) is 0 Å². The van der Waals surface area contributed by atoms with Gasteiger partial charge < -0.3 is 25.5 Å². The predicted octanol–water partition coefficient (Wildman–Crippen LogP) is -3.07. The Hall–Kier alpha value is -0.360. The molecular formula is C9H22NO8+. The van der Waals surface area contributed by atoms with E-state index >= 15 is 0 Å². The lowest BCUT2D eigenvalue weighted by molar-refractivity contribution is -1.37. The number of hydrogen-bond acceptors (Lipinski definition) is 8. The third-order valence-corrected chi connectivity index (χ3v) is 1.78. The van der Waals surface area contributed by atoms with Crippen LogP contribution < -0.4 is 0 Å². The zero-order valence-electron chi connectivity index (χ0n) is 10.1. The molecule has 0 aliphatic heterocycles. The van der Waals surface area contributed by atoms with Crippen LogP contribution in [0.3, 0.4) is 0 Å². The van der Waals surface area contributed by atoms with Crippen molar-refractivity contribution in [3.05, 3.63) is 0 Å². The Balaban J connectivity index is 4.61.